The van der Waals surface area contributed by atoms with Gasteiger partial charge in [-0.3, -0.25) is 9.52 Å². The van der Waals surface area contributed by atoms with Gasteiger partial charge < -0.3 is 4.98 Å². The molecule has 0 radical (unpaired) electrons. The maximum absolute atomic E-state index is 14.9. The number of nitrogens with zero attached hydrogens (tertiary/aromatic N) is 1. The van der Waals surface area contributed by atoms with Gasteiger partial charge in [0.25, 0.3) is 0 Å². The molecule has 2 N–H and O–H groups in total. The lowest BCUT2D eigenvalue weighted by molar-refractivity contribution is -0.0429. The third kappa shape index (κ3) is 4.09. The molecule has 0 unspecified atom stereocenters. The number of benzene rings is 2. The van der Waals surface area contributed by atoms with Gasteiger partial charge in [-0.1, -0.05) is 12.1 Å². The predicted molar refractivity (Wildman–Crippen MR) is 110 cm³/mol. The highest BCUT2D eigenvalue weighted by Gasteiger charge is 2.46. The quantitative estimate of drug-likeness (QED) is 0.294. The van der Waals surface area contributed by atoms with E-state index in [0.717, 1.165) is 10.9 Å². The van der Waals surface area contributed by atoms with E-state index in [1.165, 1.54) is 36.5 Å². The summed E-state index contributed by atoms with van der Waals surface area (Å²) in [5.41, 5.74) is -7.45. The fraction of sp³-hybridized carbons (Fsp3) is 0.0476. The predicted octanol–water partition coefficient (Wildman–Crippen LogP) is 5.14. The molecular weight excluding hydrogens is 488 g/mol. The molecule has 0 saturated heterocycles. The fourth-order valence-corrected chi connectivity index (χ4v) is 3.73. The molecule has 34 heavy (non-hydrogen) atoms. The monoisotopic (exact) mass is 499 g/mol. The summed E-state index contributed by atoms with van der Waals surface area (Å²) >= 11 is 0. The van der Waals surface area contributed by atoms with Crippen molar-refractivity contribution in [1.29, 1.82) is 0 Å². The first-order valence-electron chi connectivity index (χ1n) is 9.24. The van der Waals surface area contributed by atoms with Crippen molar-refractivity contribution in [1.82, 2.24) is 9.97 Å². The van der Waals surface area contributed by atoms with Gasteiger partial charge in [0.1, 0.15) is 17.3 Å². The van der Waals surface area contributed by atoms with E-state index in [1.54, 1.807) is 0 Å². The zero-order chi connectivity index (χ0) is 24.8. The fourth-order valence-electron chi connectivity index (χ4n) is 3.17. The molecule has 0 amide bonds. The maximum Gasteiger partial charge on any atom is 0.516 e. The molecule has 0 bridgehead atoms. The van der Waals surface area contributed by atoms with Crippen LogP contribution < -0.4 is 4.72 Å². The van der Waals surface area contributed by atoms with Gasteiger partial charge in [-0.2, -0.15) is 21.6 Å². The summed E-state index contributed by atoms with van der Waals surface area (Å²) < 4.78 is 104. The molecule has 0 fully saturated rings. The molecule has 6 nitrogen and oxygen atoms in total. The number of aromatic nitrogens is 2. The van der Waals surface area contributed by atoms with Crippen molar-refractivity contribution in [2.45, 2.75) is 5.51 Å². The van der Waals surface area contributed by atoms with E-state index in [9.17, 15) is 39.6 Å². The summed E-state index contributed by atoms with van der Waals surface area (Å²) in [5, 5.41) is 0.118. The second kappa shape index (κ2) is 8.17. The number of fused-ring (bicyclic) bond motifs is 1. The number of alkyl halides is 3. The summed E-state index contributed by atoms with van der Waals surface area (Å²) in [6.45, 7) is 0. The second-order valence-electron chi connectivity index (χ2n) is 6.99. The number of hydrogen-bond acceptors (Lipinski definition) is 4. The summed E-state index contributed by atoms with van der Waals surface area (Å²) in [7, 11) is -6.02. The molecule has 2 aromatic heterocycles. The molecule has 2 aromatic carbocycles. The molecule has 4 rings (SSSR count). The minimum Gasteiger partial charge on any atom is -0.345 e. The van der Waals surface area contributed by atoms with Gasteiger partial charge in [-0.25, -0.2) is 18.2 Å². The van der Waals surface area contributed by atoms with Crippen LogP contribution in [0.5, 0.6) is 0 Å². The van der Waals surface area contributed by atoms with E-state index < -0.39 is 50.0 Å². The topological polar surface area (TPSA) is 91.9 Å². The van der Waals surface area contributed by atoms with Crippen LogP contribution in [0.25, 0.3) is 22.2 Å². The molecular formula is C21H11F6N3O3S. The number of sulfonamides is 1. The Balaban J connectivity index is 1.79. The van der Waals surface area contributed by atoms with Crippen molar-refractivity contribution in [3.63, 3.8) is 0 Å². The number of halogens is 6. The Labute approximate surface area is 187 Å². The SMILES string of the molecule is O=C(c1c(F)ccc(NS(=O)(=O)C(F)(F)F)c1F)c1c[nH]c2ncc(-c3ccc(F)cc3)cc12. The number of pyridine rings is 1. The van der Waals surface area contributed by atoms with Crippen molar-refractivity contribution < 1.29 is 39.6 Å². The standard InChI is InChI=1S/C21H11F6N3O3S/c22-12-3-1-10(2-4-12)11-7-13-14(9-29-20(13)28-8-11)19(31)17-15(23)5-6-16(18(17)24)30-34(32,33)21(25,26)27/h1-9,30H,(H,28,29). The second-order valence-corrected chi connectivity index (χ2v) is 8.67. The lowest BCUT2D eigenvalue weighted by Gasteiger charge is -2.13. The third-order valence-corrected chi connectivity index (χ3v) is 5.92. The van der Waals surface area contributed by atoms with Crippen LogP contribution in [-0.4, -0.2) is 29.7 Å². The number of carbonyl (C=O) groups is 1. The summed E-state index contributed by atoms with van der Waals surface area (Å²) in [5.74, 6) is -5.00. The van der Waals surface area contributed by atoms with E-state index in [2.05, 4.69) is 9.97 Å². The van der Waals surface area contributed by atoms with Crippen LogP contribution in [0.15, 0.2) is 54.9 Å². The van der Waals surface area contributed by atoms with E-state index in [1.807, 2.05) is 0 Å². The number of aromatic amines is 1. The zero-order valence-electron chi connectivity index (χ0n) is 16.5. The van der Waals surface area contributed by atoms with Gasteiger partial charge >= 0.3 is 15.5 Å². The average molecular weight is 499 g/mol. The number of H-pyrrole nitrogens is 1. The first-order valence-corrected chi connectivity index (χ1v) is 10.7. The lowest BCUT2D eigenvalue weighted by atomic mass is 10.00. The Kier molecular flexibility index (Phi) is 5.59. The highest BCUT2D eigenvalue weighted by molar-refractivity contribution is 7.93. The van der Waals surface area contributed by atoms with Crippen LogP contribution in [0.4, 0.5) is 32.0 Å². The zero-order valence-corrected chi connectivity index (χ0v) is 17.4. The smallest absolute Gasteiger partial charge is 0.345 e. The Bertz CT molecular complexity index is 1530. The highest BCUT2D eigenvalue weighted by Crippen LogP contribution is 2.31. The Hall–Kier alpha value is -3.87. The molecule has 4 aromatic rings. The van der Waals surface area contributed by atoms with Gasteiger partial charge in [-0.05, 0) is 35.9 Å². The van der Waals surface area contributed by atoms with Crippen LogP contribution >= 0.6 is 0 Å². The Morgan fingerprint density at radius 3 is 2.29 bits per heavy atom. The van der Waals surface area contributed by atoms with Crippen LogP contribution in [-0.2, 0) is 10.0 Å². The highest BCUT2D eigenvalue weighted by atomic mass is 32.2. The Morgan fingerprint density at radius 1 is 0.971 bits per heavy atom. The molecule has 0 atom stereocenters. The minimum absolute atomic E-state index is 0.118. The number of anilines is 1. The summed E-state index contributed by atoms with van der Waals surface area (Å²) in [6.07, 6.45) is 2.51. The number of hydrogen-bond donors (Lipinski definition) is 2. The van der Waals surface area contributed by atoms with Crippen molar-refractivity contribution in [3.05, 3.63) is 83.4 Å². The molecule has 0 spiro atoms. The number of nitrogens with one attached hydrogen (secondary N) is 2. The Morgan fingerprint density at radius 2 is 1.65 bits per heavy atom. The molecule has 2 heterocycles. The maximum atomic E-state index is 14.9. The van der Waals surface area contributed by atoms with E-state index in [4.69, 9.17) is 0 Å². The van der Waals surface area contributed by atoms with E-state index >= 15 is 0 Å². The normalized spacial score (nSPS) is 12.2. The first kappa shape index (κ1) is 23.3. The first-order chi connectivity index (χ1) is 15.9. The largest absolute Gasteiger partial charge is 0.516 e. The number of carbonyl (C=O) groups excluding carboxylic acids is 1. The van der Waals surface area contributed by atoms with Gasteiger partial charge in [0.15, 0.2) is 5.82 Å². The van der Waals surface area contributed by atoms with Gasteiger partial charge in [-0.15, -0.1) is 0 Å². The molecule has 0 saturated carbocycles. The summed E-state index contributed by atoms with van der Waals surface area (Å²) in [6, 6.07) is 7.62. The van der Waals surface area contributed by atoms with Crippen LogP contribution in [0, 0.1) is 17.5 Å². The van der Waals surface area contributed by atoms with Crippen LogP contribution in [0.2, 0.25) is 0 Å². The molecule has 0 aliphatic heterocycles. The minimum atomic E-state index is -6.02. The number of rotatable bonds is 5. The van der Waals surface area contributed by atoms with Gasteiger partial charge in [0.05, 0.1) is 11.3 Å². The molecule has 13 heteroatoms. The number of ketones is 1. The van der Waals surface area contributed by atoms with Crippen LogP contribution in [0.1, 0.15) is 15.9 Å². The van der Waals surface area contributed by atoms with Crippen molar-refractivity contribution in [3.8, 4) is 11.1 Å². The van der Waals surface area contributed by atoms with Crippen molar-refractivity contribution in [2.24, 2.45) is 0 Å². The molecule has 0 aliphatic rings. The summed E-state index contributed by atoms with van der Waals surface area (Å²) in [4.78, 5) is 19.7. The third-order valence-electron chi connectivity index (χ3n) is 4.82. The van der Waals surface area contributed by atoms with Gasteiger partial charge in [0, 0.05) is 28.9 Å². The van der Waals surface area contributed by atoms with Crippen molar-refractivity contribution in [2.75, 3.05) is 4.72 Å². The van der Waals surface area contributed by atoms with Crippen molar-refractivity contribution >= 4 is 32.5 Å². The molecule has 0 aliphatic carbocycles. The van der Waals surface area contributed by atoms with Crippen LogP contribution in [0.3, 0.4) is 0 Å². The van der Waals surface area contributed by atoms with Gasteiger partial charge in [0.2, 0.25) is 5.78 Å². The lowest BCUT2D eigenvalue weighted by Crippen LogP contribution is -2.30. The average Bonchev–Trinajstić information content (AvgIpc) is 3.19. The van der Waals surface area contributed by atoms with E-state index in [-0.39, 0.29) is 16.6 Å². The van der Waals surface area contributed by atoms with E-state index in [0.29, 0.717) is 23.3 Å². The molecule has 176 valence electrons.